The second-order valence-electron chi connectivity index (χ2n) is 20.0. The van der Waals surface area contributed by atoms with Gasteiger partial charge < -0.3 is 39.5 Å². The molecule has 10 rings (SSSR count). The first-order chi connectivity index (χ1) is 38.8. The van der Waals surface area contributed by atoms with Crippen molar-refractivity contribution in [3.8, 4) is 0 Å². The van der Waals surface area contributed by atoms with Gasteiger partial charge in [-0.3, -0.25) is 19.2 Å². The molecule has 0 bridgehead atoms. The molecule has 0 radical (unpaired) electrons. The van der Waals surface area contributed by atoms with Crippen LogP contribution in [0.25, 0.3) is 21.9 Å². The molecule has 0 aliphatic carbocycles. The molecule has 8 aromatic rings. The summed E-state index contributed by atoms with van der Waals surface area (Å²) in [5, 5.41) is 26.7. The van der Waals surface area contributed by atoms with Crippen LogP contribution in [0.5, 0.6) is 0 Å². The first-order valence-corrected chi connectivity index (χ1v) is 30.2. The Bertz CT molecular complexity index is 3900. The smallest absolute Gasteiger partial charge is 0.326 e. The SMILES string of the molecule is CS(=O)(=O)c1cccc(C[C@H](NC(=O)c2c(Cl)cc3c(c2Cl)CCN(C(=O)c2ccc4ccoc4c2)C3)C(=O)O)c1.Cc1cc2c(c(Cl)c1C(=O)N[C@@H](Cc1cccc(S(C)(=O)=O)c1)C(=O)O)CCN(C(=O)c1ccc3ccoc3c1)C2. The van der Waals surface area contributed by atoms with E-state index in [2.05, 4.69) is 10.6 Å². The lowest BCUT2D eigenvalue weighted by molar-refractivity contribution is -0.140. The molecule has 0 unspecified atom stereocenters. The highest BCUT2D eigenvalue weighted by Crippen LogP contribution is 2.36. The van der Waals surface area contributed by atoms with Crippen molar-refractivity contribution in [1.82, 2.24) is 20.4 Å². The fourth-order valence-electron chi connectivity index (χ4n) is 9.99. The van der Waals surface area contributed by atoms with Crippen molar-refractivity contribution in [1.29, 1.82) is 0 Å². The van der Waals surface area contributed by atoms with E-state index in [0.717, 1.165) is 34.4 Å². The number of nitrogens with one attached hydrogen (secondary N) is 2. The molecule has 4 amide bonds. The summed E-state index contributed by atoms with van der Waals surface area (Å²) >= 11 is 19.8. The average Bonchev–Trinajstić information content (AvgIpc) is 4.21. The van der Waals surface area contributed by atoms with Crippen LogP contribution in [0.2, 0.25) is 15.1 Å². The van der Waals surface area contributed by atoms with Gasteiger partial charge in [0.1, 0.15) is 23.2 Å². The van der Waals surface area contributed by atoms with Gasteiger partial charge >= 0.3 is 11.9 Å². The van der Waals surface area contributed by atoms with E-state index < -0.39 is 55.5 Å². The number of fused-ring (bicyclic) bond motifs is 4. The monoisotopic (exact) mass is 1210 g/mol. The molecular formula is C59H51Cl3N4O14S2. The minimum absolute atomic E-state index is 0.0146. The zero-order chi connectivity index (χ0) is 58.9. The van der Waals surface area contributed by atoms with Crippen LogP contribution in [0.15, 0.2) is 140 Å². The lowest BCUT2D eigenvalue weighted by Gasteiger charge is -2.31. The zero-order valence-corrected chi connectivity index (χ0v) is 47.9. The van der Waals surface area contributed by atoms with Crippen molar-refractivity contribution in [3.63, 3.8) is 0 Å². The van der Waals surface area contributed by atoms with Gasteiger partial charge in [-0.1, -0.05) is 77.3 Å². The topological polar surface area (TPSA) is 268 Å². The number of carboxylic acids is 2. The Labute approximate surface area is 485 Å². The van der Waals surface area contributed by atoms with Gasteiger partial charge in [0.15, 0.2) is 19.7 Å². The molecular weight excluding hydrogens is 1160 g/mol. The molecule has 6 aromatic carbocycles. The third-order valence-electron chi connectivity index (χ3n) is 14.2. The van der Waals surface area contributed by atoms with E-state index in [9.17, 15) is 55.8 Å². The maximum Gasteiger partial charge on any atom is 0.326 e. The molecule has 4 heterocycles. The maximum absolute atomic E-state index is 13.3. The number of aliphatic carboxylic acids is 2. The number of carbonyl (C=O) groups excluding carboxylic acids is 4. The molecule has 424 valence electrons. The van der Waals surface area contributed by atoms with Gasteiger partial charge in [0.25, 0.3) is 23.6 Å². The third-order valence-corrected chi connectivity index (χ3v) is 17.6. The van der Waals surface area contributed by atoms with Crippen LogP contribution in [0.1, 0.15) is 80.4 Å². The minimum Gasteiger partial charge on any atom is -0.480 e. The van der Waals surface area contributed by atoms with Gasteiger partial charge in [-0.2, -0.15) is 0 Å². The Hall–Kier alpha value is -8.01. The minimum atomic E-state index is -3.50. The van der Waals surface area contributed by atoms with Crippen molar-refractivity contribution in [3.05, 3.63) is 198 Å². The van der Waals surface area contributed by atoms with Gasteiger partial charge in [-0.05, 0) is 125 Å². The van der Waals surface area contributed by atoms with Gasteiger partial charge in [0.05, 0.1) is 48.5 Å². The molecule has 2 atom stereocenters. The van der Waals surface area contributed by atoms with Crippen LogP contribution in [-0.2, 0) is 68.0 Å². The normalized spacial score (nSPS) is 14.0. The number of sulfone groups is 2. The number of carboxylic acid groups (broad SMARTS) is 2. The summed E-state index contributed by atoms with van der Waals surface area (Å²) in [6.45, 7) is 2.97. The fourth-order valence-corrected chi connectivity index (χ4v) is 12.6. The fraction of sp³-hybridized carbons (Fsp3) is 0.220. The van der Waals surface area contributed by atoms with Gasteiger partial charge in [-0.25, -0.2) is 26.4 Å². The second kappa shape index (κ2) is 23.8. The molecule has 0 fully saturated rings. The van der Waals surface area contributed by atoms with Crippen LogP contribution in [0, 0.1) is 6.92 Å². The summed E-state index contributed by atoms with van der Waals surface area (Å²) in [6, 6.07) is 26.7. The number of carbonyl (C=O) groups is 6. The summed E-state index contributed by atoms with van der Waals surface area (Å²) in [7, 11) is -6.98. The average molecular weight is 1210 g/mol. The van der Waals surface area contributed by atoms with E-state index in [1.807, 2.05) is 24.3 Å². The quantitative estimate of drug-likeness (QED) is 0.0791. The molecule has 2 aromatic heterocycles. The first-order valence-electron chi connectivity index (χ1n) is 25.3. The molecule has 0 saturated carbocycles. The second-order valence-corrected chi connectivity index (χ2v) is 25.2. The van der Waals surface area contributed by atoms with Crippen LogP contribution in [0.4, 0.5) is 0 Å². The van der Waals surface area contributed by atoms with Crippen LogP contribution < -0.4 is 10.6 Å². The number of hydrogen-bond donors (Lipinski definition) is 4. The Balaban J connectivity index is 0.000000198. The number of halogens is 3. The summed E-state index contributed by atoms with van der Waals surface area (Å²) in [5.41, 5.74) is 6.63. The lowest BCUT2D eigenvalue weighted by Crippen LogP contribution is -2.43. The maximum atomic E-state index is 13.3. The third kappa shape index (κ3) is 12.9. The van der Waals surface area contributed by atoms with Gasteiger partial charge in [0, 0.05) is 73.4 Å². The molecule has 0 spiro atoms. The number of furan rings is 2. The Morgan fingerprint density at radius 3 is 1.44 bits per heavy atom. The van der Waals surface area contributed by atoms with E-state index in [1.165, 1.54) is 36.4 Å². The van der Waals surface area contributed by atoms with Crippen molar-refractivity contribution in [2.75, 3.05) is 25.6 Å². The summed E-state index contributed by atoms with van der Waals surface area (Å²) < 4.78 is 58.4. The van der Waals surface area contributed by atoms with E-state index in [4.69, 9.17) is 43.6 Å². The number of nitrogens with zero attached hydrogens (tertiary/aromatic N) is 2. The summed E-state index contributed by atoms with van der Waals surface area (Å²) in [6.07, 6.45) is 5.76. The molecule has 2 aliphatic heterocycles. The lowest BCUT2D eigenvalue weighted by atomic mass is 9.92. The van der Waals surface area contributed by atoms with Crippen LogP contribution in [0.3, 0.4) is 0 Å². The number of rotatable bonds is 14. The van der Waals surface area contributed by atoms with Crippen molar-refractivity contribution in [2.45, 2.75) is 67.6 Å². The highest BCUT2D eigenvalue weighted by atomic mass is 35.5. The van der Waals surface area contributed by atoms with Crippen LogP contribution in [-0.4, -0.2) is 110 Å². The molecule has 0 saturated heterocycles. The standard InChI is InChI=1S/C30H27ClN2O7S.C29H24Cl2N2O7S/c1-17-12-21-16-33(29(35)20-7-6-19-9-11-40-25(19)15-20)10-8-23(21)27(31)26(17)28(34)32-24(30(36)37)14-18-4-3-5-22(13-18)41(2,38)39;1-41(38,39)20-4-2-3-16(11-20)12-23(29(36)37)32-27(34)25-22(30)13-19-15-33(9-7-21(19)26(25)31)28(35)18-6-5-17-8-10-40-24(17)14-18/h3-7,9,11-13,15,24H,8,10,14,16H2,1-2H3,(H,32,34)(H,36,37);2-6,8,10-11,13-14,23H,7,9,12,15H2,1H3,(H,32,34)(H,36,37)/t24-;23-/m00/s1. The summed E-state index contributed by atoms with van der Waals surface area (Å²) in [5.74, 6) is -4.33. The van der Waals surface area contributed by atoms with E-state index in [1.54, 1.807) is 77.8 Å². The molecule has 18 nitrogen and oxygen atoms in total. The van der Waals surface area contributed by atoms with E-state index in [0.29, 0.717) is 82.6 Å². The molecule has 4 N–H and O–H groups in total. The highest BCUT2D eigenvalue weighted by molar-refractivity contribution is 7.91. The predicted molar refractivity (Wildman–Crippen MR) is 306 cm³/mol. The van der Waals surface area contributed by atoms with Crippen molar-refractivity contribution >= 4 is 112 Å². The Kier molecular flexibility index (Phi) is 17.0. The number of amides is 4. The zero-order valence-electron chi connectivity index (χ0n) is 44.0. The first kappa shape index (κ1) is 58.6. The summed E-state index contributed by atoms with van der Waals surface area (Å²) in [4.78, 5) is 80.5. The number of benzene rings is 6. The molecule has 23 heteroatoms. The number of hydrogen-bond acceptors (Lipinski definition) is 12. The van der Waals surface area contributed by atoms with Crippen LogP contribution >= 0.6 is 34.8 Å². The van der Waals surface area contributed by atoms with Crippen molar-refractivity contribution in [2.24, 2.45) is 0 Å². The Morgan fingerprint density at radius 2 is 1.00 bits per heavy atom. The van der Waals surface area contributed by atoms with E-state index >= 15 is 0 Å². The largest absolute Gasteiger partial charge is 0.480 e. The highest BCUT2D eigenvalue weighted by Gasteiger charge is 2.32. The van der Waals surface area contributed by atoms with E-state index in [-0.39, 0.29) is 67.2 Å². The molecule has 82 heavy (non-hydrogen) atoms. The van der Waals surface area contributed by atoms with Gasteiger partial charge in [0.2, 0.25) is 0 Å². The predicted octanol–water partition coefficient (Wildman–Crippen LogP) is 9.19. The molecule has 2 aliphatic rings. The van der Waals surface area contributed by atoms with Gasteiger partial charge in [-0.15, -0.1) is 0 Å². The Morgan fingerprint density at radius 1 is 0.573 bits per heavy atom. The van der Waals surface area contributed by atoms with Crippen molar-refractivity contribution < 1.29 is 64.7 Å². The number of aryl methyl sites for hydroxylation is 1.